The third kappa shape index (κ3) is 7.62. The van der Waals surface area contributed by atoms with E-state index in [1.165, 1.54) is 28.9 Å². The zero-order valence-electron chi connectivity index (χ0n) is 27.7. The van der Waals surface area contributed by atoms with Crippen LogP contribution in [0.2, 0.25) is 0 Å². The molecule has 1 N–H and O–H groups in total. The lowest BCUT2D eigenvalue weighted by Crippen LogP contribution is -2.29. The van der Waals surface area contributed by atoms with Crippen LogP contribution in [0.3, 0.4) is 0 Å². The van der Waals surface area contributed by atoms with Crippen molar-refractivity contribution in [2.45, 2.75) is 30.6 Å². The van der Waals surface area contributed by atoms with E-state index in [2.05, 4.69) is 15.5 Å². The van der Waals surface area contributed by atoms with Gasteiger partial charge in [0.05, 0.1) is 51.8 Å². The Morgan fingerprint density at radius 2 is 1.64 bits per heavy atom. The van der Waals surface area contributed by atoms with Crippen LogP contribution in [0.25, 0.3) is 5.69 Å². The zero-order chi connectivity index (χ0) is 35.0. The Labute approximate surface area is 293 Å². The van der Waals surface area contributed by atoms with Gasteiger partial charge in [0.2, 0.25) is 5.91 Å². The summed E-state index contributed by atoms with van der Waals surface area (Å²) >= 11 is 1.17. The van der Waals surface area contributed by atoms with Crippen molar-refractivity contribution in [3.8, 4) is 22.9 Å². The van der Waals surface area contributed by atoms with Crippen molar-refractivity contribution in [2.75, 3.05) is 27.1 Å². The van der Waals surface area contributed by atoms with E-state index in [-0.39, 0.29) is 30.5 Å². The van der Waals surface area contributed by atoms with Crippen LogP contribution in [0.5, 0.6) is 17.2 Å². The fraction of sp³-hybridized carbons (Fsp3) is 0.216. The van der Waals surface area contributed by atoms with Gasteiger partial charge in [-0.15, -0.1) is 10.2 Å². The second-order valence-corrected chi connectivity index (χ2v) is 12.2. The van der Waals surface area contributed by atoms with Gasteiger partial charge in [0, 0.05) is 17.7 Å². The van der Waals surface area contributed by atoms with E-state index in [0.717, 1.165) is 22.4 Å². The number of methoxy groups -OCH3 is 3. The minimum Gasteiger partial charge on any atom is -0.497 e. The summed E-state index contributed by atoms with van der Waals surface area (Å²) in [6.45, 7) is 0.0733. The predicted molar refractivity (Wildman–Crippen MR) is 187 cm³/mol. The number of rotatable bonds is 13. The Morgan fingerprint density at radius 1 is 0.880 bits per heavy atom. The number of benzene rings is 4. The highest BCUT2D eigenvalue weighted by molar-refractivity contribution is 7.99. The third-order valence-electron chi connectivity index (χ3n) is 8.14. The Kier molecular flexibility index (Phi) is 10.7. The van der Waals surface area contributed by atoms with Crippen LogP contribution in [0.15, 0.2) is 107 Å². The number of amides is 2. The van der Waals surface area contributed by atoms with Crippen molar-refractivity contribution in [3.05, 3.63) is 125 Å². The van der Waals surface area contributed by atoms with E-state index < -0.39 is 11.9 Å². The molecule has 6 rings (SSSR count). The smallest absolute Gasteiger partial charge is 0.253 e. The van der Waals surface area contributed by atoms with Crippen molar-refractivity contribution in [1.82, 2.24) is 25.1 Å². The molecule has 256 valence electrons. The number of thioether (sulfide) groups is 1. The first-order chi connectivity index (χ1) is 24.4. The molecule has 0 spiro atoms. The highest BCUT2D eigenvalue weighted by Crippen LogP contribution is 2.42. The molecular weight excluding hydrogens is 660 g/mol. The van der Waals surface area contributed by atoms with Gasteiger partial charge in [-0.25, -0.2) is 9.40 Å². The standard InChI is InChI=1S/C37H35FN6O5S/c1-47-28-18-12-25(13-19-28)30-21-31(29-10-7-11-32(48-2)36(29)49-3)44(42-30)35(46)23-50-37-41-40-33(43(37)27-16-14-26(38)15-17-27)22-39-34(45)20-24-8-5-4-6-9-24/h4-19,31H,20-23H2,1-3H3,(H,39,45)/t31-/m1/s1. The molecule has 1 aliphatic heterocycles. The van der Waals surface area contributed by atoms with Gasteiger partial charge >= 0.3 is 0 Å². The van der Waals surface area contributed by atoms with Gasteiger partial charge in [-0.1, -0.05) is 54.2 Å². The molecule has 4 aromatic carbocycles. The summed E-state index contributed by atoms with van der Waals surface area (Å²) in [5, 5.41) is 18.3. The monoisotopic (exact) mass is 694 g/mol. The Bertz CT molecular complexity index is 1990. The van der Waals surface area contributed by atoms with E-state index in [0.29, 0.717) is 40.3 Å². The first-order valence-electron chi connectivity index (χ1n) is 15.8. The first-order valence-corrected chi connectivity index (χ1v) is 16.8. The summed E-state index contributed by atoms with van der Waals surface area (Å²) in [6, 6.07) is 27.8. The topological polar surface area (TPSA) is 120 Å². The van der Waals surface area contributed by atoms with Crippen LogP contribution in [0, 0.1) is 5.82 Å². The molecular formula is C37H35FN6O5S. The number of para-hydroxylation sites is 1. The second kappa shape index (κ2) is 15.7. The molecule has 5 aromatic rings. The molecule has 1 aliphatic rings. The maximum Gasteiger partial charge on any atom is 0.253 e. The van der Waals surface area contributed by atoms with Crippen molar-refractivity contribution in [2.24, 2.45) is 5.10 Å². The normalized spacial score (nSPS) is 13.9. The Balaban J connectivity index is 1.26. The number of carbonyl (C=O) groups is 2. The van der Waals surface area contributed by atoms with Gasteiger partial charge in [-0.05, 0) is 65.7 Å². The average Bonchev–Trinajstić information content (AvgIpc) is 3.78. The molecule has 0 radical (unpaired) electrons. The molecule has 0 aliphatic carbocycles. The molecule has 1 atom stereocenters. The number of ether oxygens (including phenoxy) is 3. The molecule has 2 heterocycles. The molecule has 0 unspecified atom stereocenters. The summed E-state index contributed by atoms with van der Waals surface area (Å²) in [5.74, 6) is 1.29. The number of hydrogen-bond donors (Lipinski definition) is 1. The lowest BCUT2D eigenvalue weighted by molar-refractivity contribution is -0.130. The molecule has 0 saturated heterocycles. The SMILES string of the molecule is COc1ccc(C2=NN(C(=O)CSc3nnc(CNC(=O)Cc4ccccc4)n3-c3ccc(F)cc3)[C@@H](c3cccc(OC)c3OC)C2)cc1. The highest BCUT2D eigenvalue weighted by atomic mass is 32.2. The van der Waals surface area contributed by atoms with E-state index in [1.54, 1.807) is 44.1 Å². The molecule has 13 heteroatoms. The Hall–Kier alpha value is -5.69. The number of carbonyl (C=O) groups excluding carboxylic acids is 2. The van der Waals surface area contributed by atoms with Crippen molar-refractivity contribution in [1.29, 1.82) is 0 Å². The third-order valence-corrected chi connectivity index (χ3v) is 9.06. The lowest BCUT2D eigenvalue weighted by atomic mass is 9.97. The van der Waals surface area contributed by atoms with Gasteiger partial charge < -0.3 is 19.5 Å². The number of halogens is 1. The van der Waals surface area contributed by atoms with Crippen LogP contribution < -0.4 is 19.5 Å². The summed E-state index contributed by atoms with van der Waals surface area (Å²) in [4.78, 5) is 26.8. The molecule has 1 aromatic heterocycles. The maximum absolute atomic E-state index is 14.1. The number of hydrazone groups is 1. The maximum atomic E-state index is 14.1. The van der Waals surface area contributed by atoms with Crippen molar-refractivity contribution >= 4 is 29.3 Å². The minimum atomic E-state index is -0.476. The molecule has 11 nitrogen and oxygen atoms in total. The molecule has 0 saturated carbocycles. The molecule has 2 amide bonds. The van der Waals surface area contributed by atoms with Crippen LogP contribution >= 0.6 is 11.8 Å². The van der Waals surface area contributed by atoms with Crippen molar-refractivity contribution < 1.29 is 28.2 Å². The van der Waals surface area contributed by atoms with Crippen LogP contribution in [-0.4, -0.2) is 64.4 Å². The Morgan fingerprint density at radius 3 is 2.34 bits per heavy atom. The van der Waals surface area contributed by atoms with E-state index in [9.17, 15) is 14.0 Å². The van der Waals surface area contributed by atoms with Gasteiger partial charge in [0.1, 0.15) is 11.6 Å². The van der Waals surface area contributed by atoms with Gasteiger partial charge in [-0.3, -0.25) is 14.2 Å². The highest BCUT2D eigenvalue weighted by Gasteiger charge is 2.36. The predicted octanol–water partition coefficient (Wildman–Crippen LogP) is 5.76. The summed E-state index contributed by atoms with van der Waals surface area (Å²) < 4.78 is 32.2. The van der Waals surface area contributed by atoms with Gasteiger partial charge in [0.25, 0.3) is 5.91 Å². The lowest BCUT2D eigenvalue weighted by Gasteiger charge is -2.24. The van der Waals surface area contributed by atoms with Gasteiger partial charge in [-0.2, -0.15) is 5.10 Å². The minimum absolute atomic E-state index is 0.0398. The molecule has 0 bridgehead atoms. The molecule has 50 heavy (non-hydrogen) atoms. The van der Waals surface area contributed by atoms with Gasteiger partial charge in [0.15, 0.2) is 22.5 Å². The van der Waals surface area contributed by atoms with E-state index >= 15 is 0 Å². The fourth-order valence-electron chi connectivity index (χ4n) is 5.69. The van der Waals surface area contributed by atoms with Crippen molar-refractivity contribution in [3.63, 3.8) is 0 Å². The molecule has 0 fully saturated rings. The number of hydrogen-bond acceptors (Lipinski definition) is 9. The summed E-state index contributed by atoms with van der Waals surface area (Å²) in [6.07, 6.45) is 0.639. The van der Waals surface area contributed by atoms with Crippen LogP contribution in [0.1, 0.15) is 35.0 Å². The summed E-state index contributed by atoms with van der Waals surface area (Å²) in [7, 11) is 4.73. The fourth-order valence-corrected chi connectivity index (χ4v) is 6.51. The summed E-state index contributed by atoms with van der Waals surface area (Å²) in [5.41, 5.74) is 3.79. The number of nitrogens with one attached hydrogen (secondary N) is 1. The first kappa shape index (κ1) is 34.2. The average molecular weight is 695 g/mol. The number of aromatic nitrogens is 3. The number of nitrogens with zero attached hydrogens (tertiary/aromatic N) is 5. The van der Waals surface area contributed by atoms with E-state index in [1.807, 2.05) is 66.7 Å². The van der Waals surface area contributed by atoms with E-state index in [4.69, 9.17) is 19.3 Å². The second-order valence-electron chi connectivity index (χ2n) is 11.3. The quantitative estimate of drug-likeness (QED) is 0.155. The zero-order valence-corrected chi connectivity index (χ0v) is 28.5. The van der Waals surface area contributed by atoms with Crippen LogP contribution in [-0.2, 0) is 22.6 Å². The van der Waals surface area contributed by atoms with Crippen LogP contribution in [0.4, 0.5) is 4.39 Å². The largest absolute Gasteiger partial charge is 0.497 e.